The molecule has 8 aromatic rings. The Labute approximate surface area is 244 Å². The third-order valence-electron chi connectivity index (χ3n) is 7.07. The minimum atomic E-state index is 0. The number of aromatic nitrogens is 4. The van der Waals surface area contributed by atoms with E-state index in [1.54, 1.807) is 0 Å². The van der Waals surface area contributed by atoms with Crippen LogP contribution in [-0.2, 0) is 21.1 Å². The van der Waals surface area contributed by atoms with Crippen molar-refractivity contribution in [3.05, 3.63) is 133 Å². The summed E-state index contributed by atoms with van der Waals surface area (Å²) in [5.74, 6) is 2.45. The Morgan fingerprint density at radius 3 is 1.43 bits per heavy atom. The Balaban J connectivity index is 0.00000264. The summed E-state index contributed by atoms with van der Waals surface area (Å²) in [7, 11) is 0. The third-order valence-corrected chi connectivity index (χ3v) is 7.07. The normalized spacial score (nSPS) is 11.3. The SMILES string of the molecule is [Pt+2].[c-]1cccc2c3ccccc3n(-c3cccc(Oc4cccc(-n5c6[c-]cccc6c6ccccc65)n4)n3)c12. The Morgan fingerprint density at radius 1 is 0.475 bits per heavy atom. The van der Waals surface area contributed by atoms with Crippen molar-refractivity contribution in [2.75, 3.05) is 0 Å². The standard InChI is InChI=1S/C34H20N4O.Pt/c1-5-15-27-23(11-1)24-12-2-6-16-28(24)37(27)31-19-9-21-33(35-31)39-34-22-10-20-32(36-34)38-29-17-7-3-13-25(29)26-14-4-8-18-30(26)38;/h1-15,17,19-22H;/q-2;+2. The van der Waals surface area contributed by atoms with Gasteiger partial charge in [-0.2, -0.15) is 58.5 Å². The van der Waals surface area contributed by atoms with Gasteiger partial charge in [0.2, 0.25) is 11.8 Å². The maximum absolute atomic E-state index is 6.23. The predicted octanol–water partition coefficient (Wildman–Crippen LogP) is 8.06. The van der Waals surface area contributed by atoms with Crippen LogP contribution in [0, 0.1) is 12.1 Å². The number of hydrogen-bond donors (Lipinski definition) is 0. The zero-order valence-corrected chi connectivity index (χ0v) is 23.3. The van der Waals surface area contributed by atoms with E-state index in [0.717, 1.165) is 55.2 Å². The molecule has 40 heavy (non-hydrogen) atoms. The molecule has 8 rings (SSSR count). The summed E-state index contributed by atoms with van der Waals surface area (Å²) in [5, 5.41) is 4.60. The second kappa shape index (κ2) is 9.78. The Morgan fingerprint density at radius 2 is 0.925 bits per heavy atom. The smallest absolute Gasteiger partial charge is 0.421 e. The molecule has 4 heterocycles. The van der Waals surface area contributed by atoms with Crippen LogP contribution in [0.5, 0.6) is 11.8 Å². The number of hydrogen-bond acceptors (Lipinski definition) is 3. The van der Waals surface area contributed by atoms with Crippen molar-refractivity contribution in [3.8, 4) is 23.4 Å². The molecular weight excluding hydrogens is 675 g/mol. The summed E-state index contributed by atoms with van der Waals surface area (Å²) >= 11 is 0. The number of nitrogens with zero attached hydrogens (tertiary/aromatic N) is 4. The van der Waals surface area contributed by atoms with Crippen LogP contribution < -0.4 is 4.74 Å². The number of para-hydroxylation sites is 4. The first-order valence-corrected chi connectivity index (χ1v) is 12.8. The van der Waals surface area contributed by atoms with E-state index in [2.05, 4.69) is 69.8 Å². The minimum Gasteiger partial charge on any atom is -0.421 e. The fourth-order valence-corrected chi connectivity index (χ4v) is 5.45. The van der Waals surface area contributed by atoms with Gasteiger partial charge >= 0.3 is 21.1 Å². The third kappa shape index (κ3) is 3.82. The number of fused-ring (bicyclic) bond motifs is 6. The van der Waals surface area contributed by atoms with Crippen molar-refractivity contribution < 1.29 is 25.8 Å². The summed E-state index contributed by atoms with van der Waals surface area (Å²) < 4.78 is 10.5. The molecule has 0 saturated carbocycles. The van der Waals surface area contributed by atoms with Gasteiger partial charge in [-0.1, -0.05) is 59.6 Å². The van der Waals surface area contributed by atoms with E-state index in [1.165, 1.54) is 0 Å². The first kappa shape index (κ1) is 24.3. The van der Waals surface area contributed by atoms with Gasteiger partial charge in [-0.3, -0.25) is 0 Å². The van der Waals surface area contributed by atoms with Gasteiger partial charge in [-0.15, -0.1) is 10.8 Å². The zero-order chi connectivity index (χ0) is 25.8. The minimum absolute atomic E-state index is 0. The molecule has 0 unspecified atom stereocenters. The van der Waals surface area contributed by atoms with Gasteiger partial charge in [0.1, 0.15) is 11.6 Å². The molecule has 0 aliphatic carbocycles. The summed E-state index contributed by atoms with van der Waals surface area (Å²) in [4.78, 5) is 9.74. The number of benzene rings is 4. The monoisotopic (exact) mass is 695 g/mol. The zero-order valence-electron chi connectivity index (χ0n) is 21.1. The maximum Gasteiger partial charge on any atom is 2.00 e. The summed E-state index contributed by atoms with van der Waals surface area (Å²) in [6, 6.07) is 47.1. The largest absolute Gasteiger partial charge is 2.00 e. The maximum atomic E-state index is 6.23. The van der Waals surface area contributed by atoms with E-state index in [9.17, 15) is 0 Å². The average molecular weight is 696 g/mol. The first-order valence-electron chi connectivity index (χ1n) is 12.8. The average Bonchev–Trinajstić information content (AvgIpc) is 3.51. The second-order valence-electron chi connectivity index (χ2n) is 9.34. The molecule has 0 spiro atoms. The van der Waals surface area contributed by atoms with E-state index in [0.29, 0.717) is 11.8 Å². The number of ether oxygens (including phenoxy) is 1. The molecule has 0 N–H and O–H groups in total. The molecule has 0 amide bonds. The van der Waals surface area contributed by atoms with Crippen LogP contribution in [0.15, 0.2) is 121 Å². The van der Waals surface area contributed by atoms with Gasteiger partial charge in [-0.05, 0) is 35.0 Å². The van der Waals surface area contributed by atoms with Gasteiger partial charge in [0, 0.05) is 23.2 Å². The van der Waals surface area contributed by atoms with E-state index < -0.39 is 0 Å². The van der Waals surface area contributed by atoms with Gasteiger partial charge in [0.25, 0.3) is 0 Å². The summed E-state index contributed by atoms with van der Waals surface area (Å²) in [6.45, 7) is 0. The summed E-state index contributed by atoms with van der Waals surface area (Å²) in [5.41, 5.74) is 4.10. The Kier molecular flexibility index (Phi) is 5.95. The fraction of sp³-hybridized carbons (Fsp3) is 0. The molecule has 0 saturated heterocycles. The van der Waals surface area contributed by atoms with Crippen LogP contribution in [-0.4, -0.2) is 19.1 Å². The van der Waals surface area contributed by atoms with Crippen LogP contribution in [0.4, 0.5) is 0 Å². The van der Waals surface area contributed by atoms with Crippen molar-refractivity contribution in [1.29, 1.82) is 0 Å². The molecule has 0 radical (unpaired) electrons. The predicted molar refractivity (Wildman–Crippen MR) is 155 cm³/mol. The quantitative estimate of drug-likeness (QED) is 0.175. The van der Waals surface area contributed by atoms with E-state index in [1.807, 2.05) is 72.8 Å². The molecule has 0 aliphatic heterocycles. The molecule has 4 aromatic carbocycles. The fourth-order valence-electron chi connectivity index (χ4n) is 5.45. The van der Waals surface area contributed by atoms with E-state index >= 15 is 0 Å². The molecule has 0 aliphatic rings. The van der Waals surface area contributed by atoms with Crippen LogP contribution in [0.3, 0.4) is 0 Å². The van der Waals surface area contributed by atoms with Gasteiger partial charge in [-0.25, -0.2) is 0 Å². The number of pyridine rings is 2. The first-order chi connectivity index (χ1) is 19.3. The van der Waals surface area contributed by atoms with Crippen LogP contribution in [0.25, 0.3) is 55.2 Å². The summed E-state index contributed by atoms with van der Waals surface area (Å²) in [6.07, 6.45) is 0. The van der Waals surface area contributed by atoms with E-state index in [4.69, 9.17) is 14.7 Å². The molecule has 5 nitrogen and oxygen atoms in total. The second-order valence-corrected chi connectivity index (χ2v) is 9.34. The van der Waals surface area contributed by atoms with E-state index in [-0.39, 0.29) is 21.1 Å². The number of rotatable bonds is 4. The molecule has 0 fully saturated rings. The van der Waals surface area contributed by atoms with Gasteiger partial charge in [0.15, 0.2) is 0 Å². The molecule has 6 heteroatoms. The van der Waals surface area contributed by atoms with Crippen molar-refractivity contribution in [2.24, 2.45) is 0 Å². The topological polar surface area (TPSA) is 44.9 Å². The molecule has 0 bridgehead atoms. The van der Waals surface area contributed by atoms with Crippen LogP contribution >= 0.6 is 0 Å². The molecular formula is C34H20N4OPt. The van der Waals surface area contributed by atoms with Crippen molar-refractivity contribution in [3.63, 3.8) is 0 Å². The Bertz CT molecular complexity index is 1920. The van der Waals surface area contributed by atoms with Crippen LogP contribution in [0.2, 0.25) is 0 Å². The Hall–Kier alpha value is -4.73. The van der Waals surface area contributed by atoms with Gasteiger partial charge in [0.05, 0.1) is 0 Å². The molecule has 4 aromatic heterocycles. The molecule has 0 atom stereocenters. The van der Waals surface area contributed by atoms with Crippen molar-refractivity contribution >= 4 is 43.6 Å². The van der Waals surface area contributed by atoms with Gasteiger partial charge < -0.3 is 13.9 Å². The molecule has 192 valence electrons. The van der Waals surface area contributed by atoms with Crippen molar-refractivity contribution in [1.82, 2.24) is 19.1 Å². The van der Waals surface area contributed by atoms with Crippen LogP contribution in [0.1, 0.15) is 0 Å². The van der Waals surface area contributed by atoms with Crippen molar-refractivity contribution in [2.45, 2.75) is 0 Å².